The van der Waals surface area contributed by atoms with Crippen molar-refractivity contribution in [2.45, 2.75) is 77.9 Å². The predicted molar refractivity (Wildman–Crippen MR) is 102 cm³/mol. The van der Waals surface area contributed by atoms with Gasteiger partial charge >= 0.3 is 0 Å². The Balaban J connectivity index is 3.96. The van der Waals surface area contributed by atoms with Crippen molar-refractivity contribution in [2.75, 3.05) is 19.6 Å². The fraction of sp³-hybridized carbons (Fsp3) is 0.882. The number of rotatable bonds is 14. The van der Waals surface area contributed by atoms with Gasteiger partial charge < -0.3 is 27.4 Å². The van der Waals surface area contributed by atoms with Crippen LogP contribution >= 0.6 is 0 Å². The molecular weight excluding hydrogens is 304 g/mol. The van der Waals surface area contributed by atoms with E-state index in [0.717, 1.165) is 45.2 Å². The molecule has 1 amide bonds. The highest BCUT2D eigenvalue weighted by Crippen LogP contribution is 2.01. The first-order chi connectivity index (χ1) is 11.3. The molecule has 0 saturated heterocycles. The van der Waals surface area contributed by atoms with Gasteiger partial charge in [0.2, 0.25) is 5.91 Å². The van der Waals surface area contributed by atoms with Crippen molar-refractivity contribution < 1.29 is 4.79 Å². The lowest BCUT2D eigenvalue weighted by molar-refractivity contribution is -0.123. The van der Waals surface area contributed by atoms with Crippen LogP contribution in [-0.2, 0) is 4.79 Å². The lowest BCUT2D eigenvalue weighted by Crippen LogP contribution is -2.47. The standard InChI is InChI=1S/C17H38N6O/c1-13(2)20-10-6-5-7-11-21-16(24)15(23-14(3)4)9-8-12-22-17(18)19/h13-15,20,23H,5-12H2,1-4H3,(H,21,24)(H4,18,19,22). The molecule has 142 valence electrons. The van der Waals surface area contributed by atoms with Crippen molar-refractivity contribution in [3.63, 3.8) is 0 Å². The van der Waals surface area contributed by atoms with Gasteiger partial charge in [0.15, 0.2) is 5.96 Å². The van der Waals surface area contributed by atoms with E-state index in [1.165, 1.54) is 0 Å². The number of nitrogens with two attached hydrogens (primary N) is 2. The number of nitrogens with zero attached hydrogens (tertiary/aromatic N) is 1. The maximum Gasteiger partial charge on any atom is 0.237 e. The van der Waals surface area contributed by atoms with Gasteiger partial charge in [-0.3, -0.25) is 9.79 Å². The van der Waals surface area contributed by atoms with Gasteiger partial charge in [0.05, 0.1) is 6.04 Å². The average Bonchev–Trinajstić information content (AvgIpc) is 2.48. The van der Waals surface area contributed by atoms with E-state index in [-0.39, 0.29) is 24.0 Å². The monoisotopic (exact) mass is 342 g/mol. The Morgan fingerprint density at radius 2 is 1.62 bits per heavy atom. The first-order valence-electron chi connectivity index (χ1n) is 9.15. The van der Waals surface area contributed by atoms with Crippen LogP contribution in [0.1, 0.15) is 59.8 Å². The molecule has 0 aromatic carbocycles. The van der Waals surface area contributed by atoms with E-state index in [1.54, 1.807) is 0 Å². The number of nitrogens with one attached hydrogen (secondary N) is 3. The minimum atomic E-state index is -0.193. The van der Waals surface area contributed by atoms with Crippen LogP contribution in [0.3, 0.4) is 0 Å². The molecule has 0 saturated carbocycles. The molecule has 7 heteroatoms. The number of carbonyl (C=O) groups is 1. The van der Waals surface area contributed by atoms with Gasteiger partial charge in [0, 0.05) is 25.2 Å². The fourth-order valence-electron chi connectivity index (χ4n) is 2.35. The van der Waals surface area contributed by atoms with Crippen LogP contribution in [0.25, 0.3) is 0 Å². The lowest BCUT2D eigenvalue weighted by Gasteiger charge is -2.20. The summed E-state index contributed by atoms with van der Waals surface area (Å²) in [5.41, 5.74) is 10.6. The number of hydrogen-bond acceptors (Lipinski definition) is 4. The predicted octanol–water partition coefficient (Wildman–Crippen LogP) is 0.691. The normalized spacial score (nSPS) is 12.4. The summed E-state index contributed by atoms with van der Waals surface area (Å²) >= 11 is 0. The highest BCUT2D eigenvalue weighted by Gasteiger charge is 2.18. The van der Waals surface area contributed by atoms with E-state index in [0.29, 0.717) is 12.6 Å². The van der Waals surface area contributed by atoms with E-state index < -0.39 is 0 Å². The summed E-state index contributed by atoms with van der Waals surface area (Å²) < 4.78 is 0. The van der Waals surface area contributed by atoms with Crippen molar-refractivity contribution in [1.29, 1.82) is 0 Å². The van der Waals surface area contributed by atoms with Gasteiger partial charge in [-0.2, -0.15) is 0 Å². The van der Waals surface area contributed by atoms with Crippen molar-refractivity contribution >= 4 is 11.9 Å². The summed E-state index contributed by atoms with van der Waals surface area (Å²) in [7, 11) is 0. The molecular formula is C17H38N6O. The number of aliphatic imine (C=N–C) groups is 1. The Hall–Kier alpha value is -1.34. The second-order valence-corrected chi connectivity index (χ2v) is 6.78. The van der Waals surface area contributed by atoms with Gasteiger partial charge in [-0.05, 0) is 32.2 Å². The van der Waals surface area contributed by atoms with E-state index in [9.17, 15) is 4.79 Å². The quantitative estimate of drug-likeness (QED) is 0.181. The van der Waals surface area contributed by atoms with Crippen LogP contribution in [0.5, 0.6) is 0 Å². The highest BCUT2D eigenvalue weighted by atomic mass is 16.2. The molecule has 0 fully saturated rings. The zero-order valence-electron chi connectivity index (χ0n) is 15.9. The lowest BCUT2D eigenvalue weighted by atomic mass is 10.1. The summed E-state index contributed by atoms with van der Waals surface area (Å²) in [4.78, 5) is 16.3. The van der Waals surface area contributed by atoms with Crippen LogP contribution in [0, 0.1) is 0 Å². The van der Waals surface area contributed by atoms with Gasteiger partial charge in [-0.15, -0.1) is 0 Å². The molecule has 0 heterocycles. The average molecular weight is 343 g/mol. The molecule has 0 radical (unpaired) electrons. The van der Waals surface area contributed by atoms with E-state index in [1.807, 2.05) is 13.8 Å². The van der Waals surface area contributed by atoms with E-state index in [4.69, 9.17) is 11.5 Å². The summed E-state index contributed by atoms with van der Waals surface area (Å²) in [5.74, 6) is 0.161. The number of hydrogen-bond donors (Lipinski definition) is 5. The SMILES string of the molecule is CC(C)NCCCCCNC(=O)C(CCCN=C(N)N)NC(C)C. The zero-order chi connectivity index (χ0) is 18.4. The second-order valence-electron chi connectivity index (χ2n) is 6.78. The van der Waals surface area contributed by atoms with Crippen molar-refractivity contribution in [2.24, 2.45) is 16.5 Å². The van der Waals surface area contributed by atoms with Crippen LogP contribution in [-0.4, -0.2) is 49.6 Å². The highest BCUT2D eigenvalue weighted by molar-refractivity contribution is 5.81. The molecule has 24 heavy (non-hydrogen) atoms. The Morgan fingerprint density at radius 1 is 0.958 bits per heavy atom. The van der Waals surface area contributed by atoms with Crippen LogP contribution in [0.4, 0.5) is 0 Å². The number of guanidine groups is 1. The minimum Gasteiger partial charge on any atom is -0.370 e. The van der Waals surface area contributed by atoms with Crippen LogP contribution in [0.15, 0.2) is 4.99 Å². The van der Waals surface area contributed by atoms with Gasteiger partial charge in [-0.25, -0.2) is 0 Å². The topological polar surface area (TPSA) is 118 Å². The Kier molecular flexibility index (Phi) is 13.3. The summed E-state index contributed by atoms with van der Waals surface area (Å²) in [6.07, 6.45) is 4.76. The molecule has 0 bridgehead atoms. The van der Waals surface area contributed by atoms with Gasteiger partial charge in [-0.1, -0.05) is 34.1 Å². The molecule has 0 aliphatic rings. The number of unbranched alkanes of at least 4 members (excludes halogenated alkanes) is 2. The van der Waals surface area contributed by atoms with E-state index >= 15 is 0 Å². The summed E-state index contributed by atoms with van der Waals surface area (Å²) in [6.45, 7) is 10.7. The Bertz CT molecular complexity index is 353. The first-order valence-corrected chi connectivity index (χ1v) is 9.15. The third-order valence-corrected chi connectivity index (χ3v) is 3.50. The van der Waals surface area contributed by atoms with Crippen molar-refractivity contribution in [3.8, 4) is 0 Å². The third-order valence-electron chi connectivity index (χ3n) is 3.50. The summed E-state index contributed by atoms with van der Waals surface area (Å²) in [6, 6.07) is 0.597. The third kappa shape index (κ3) is 14.3. The molecule has 0 aromatic heterocycles. The van der Waals surface area contributed by atoms with Gasteiger partial charge in [0.25, 0.3) is 0 Å². The Labute approximate surface area is 147 Å². The molecule has 1 atom stereocenters. The number of carbonyl (C=O) groups excluding carboxylic acids is 1. The zero-order valence-corrected chi connectivity index (χ0v) is 15.9. The van der Waals surface area contributed by atoms with Crippen molar-refractivity contribution in [3.05, 3.63) is 0 Å². The summed E-state index contributed by atoms with van der Waals surface area (Å²) in [5, 5.41) is 9.73. The first kappa shape index (κ1) is 22.7. The minimum absolute atomic E-state index is 0.0636. The van der Waals surface area contributed by atoms with Gasteiger partial charge in [0.1, 0.15) is 0 Å². The molecule has 0 aliphatic heterocycles. The van der Waals surface area contributed by atoms with Crippen LogP contribution < -0.4 is 27.4 Å². The molecule has 0 aliphatic carbocycles. The molecule has 7 nitrogen and oxygen atoms in total. The fourth-order valence-corrected chi connectivity index (χ4v) is 2.35. The Morgan fingerprint density at radius 3 is 2.21 bits per heavy atom. The maximum absolute atomic E-state index is 12.3. The van der Waals surface area contributed by atoms with Crippen LogP contribution in [0.2, 0.25) is 0 Å². The van der Waals surface area contributed by atoms with E-state index in [2.05, 4.69) is 34.8 Å². The molecule has 0 spiro atoms. The molecule has 0 rings (SSSR count). The molecule has 1 unspecified atom stereocenters. The molecule has 0 aromatic rings. The molecule has 7 N–H and O–H groups in total. The smallest absolute Gasteiger partial charge is 0.237 e. The number of amides is 1. The van der Waals surface area contributed by atoms with Crippen molar-refractivity contribution in [1.82, 2.24) is 16.0 Å². The second kappa shape index (κ2) is 14.0. The maximum atomic E-state index is 12.3. The largest absolute Gasteiger partial charge is 0.370 e.